The van der Waals surface area contributed by atoms with Crippen molar-refractivity contribution in [2.24, 2.45) is 0 Å². The summed E-state index contributed by atoms with van der Waals surface area (Å²) in [6.45, 7) is 2.67. The van der Waals surface area contributed by atoms with E-state index in [1.54, 1.807) is 0 Å². The lowest BCUT2D eigenvalue weighted by molar-refractivity contribution is -0.132. The van der Waals surface area contributed by atoms with Gasteiger partial charge in [-0.1, -0.05) is 30.3 Å². The van der Waals surface area contributed by atoms with Crippen LogP contribution in [-0.2, 0) is 11.2 Å². The third-order valence-corrected chi connectivity index (χ3v) is 5.64. The van der Waals surface area contributed by atoms with Gasteiger partial charge in [0, 0.05) is 37.6 Å². The fourth-order valence-corrected chi connectivity index (χ4v) is 4.26. The molecule has 0 N–H and O–H groups in total. The van der Waals surface area contributed by atoms with E-state index in [2.05, 4.69) is 14.9 Å². The molecule has 5 heteroatoms. The number of hydrogen-bond donors (Lipinski definition) is 0. The summed E-state index contributed by atoms with van der Waals surface area (Å²) in [4.78, 5) is 25.9. The Kier molecular flexibility index (Phi) is 4.38. The predicted octanol–water partition coefficient (Wildman–Crippen LogP) is 2.68. The second-order valence-corrected chi connectivity index (χ2v) is 7.07. The van der Waals surface area contributed by atoms with E-state index in [1.807, 2.05) is 53.7 Å². The van der Waals surface area contributed by atoms with Crippen molar-refractivity contribution >= 4 is 11.9 Å². The molecular weight excluding hydrogens is 312 g/mol. The first-order valence-electron chi connectivity index (χ1n) is 9.13. The summed E-state index contributed by atoms with van der Waals surface area (Å²) in [7, 11) is 0. The van der Waals surface area contributed by atoms with Gasteiger partial charge in [0.1, 0.15) is 0 Å². The lowest BCUT2D eigenvalue weighted by Crippen LogP contribution is -2.54. The minimum Gasteiger partial charge on any atom is -0.342 e. The van der Waals surface area contributed by atoms with E-state index in [0.717, 1.165) is 44.0 Å². The standard InChI is InChI=1S/C20H24N4O/c25-18(16-17-6-2-1-3-7-17)23-14-9-20(10-15-23)8-4-13-24(20)19-21-11-5-12-22-19/h1-3,5-7,11-12H,4,8-10,13-16H2. The lowest BCUT2D eigenvalue weighted by atomic mass is 9.85. The second-order valence-electron chi connectivity index (χ2n) is 7.07. The first-order chi connectivity index (χ1) is 12.3. The highest BCUT2D eigenvalue weighted by Crippen LogP contribution is 2.40. The molecule has 0 unspecified atom stereocenters. The molecule has 2 aromatic rings. The number of hydrogen-bond acceptors (Lipinski definition) is 4. The highest BCUT2D eigenvalue weighted by atomic mass is 16.2. The average molecular weight is 336 g/mol. The number of piperidine rings is 1. The van der Waals surface area contributed by atoms with Gasteiger partial charge < -0.3 is 9.80 Å². The number of likely N-dealkylation sites (tertiary alicyclic amines) is 1. The van der Waals surface area contributed by atoms with Crippen LogP contribution >= 0.6 is 0 Å². The van der Waals surface area contributed by atoms with Gasteiger partial charge in [-0.2, -0.15) is 0 Å². The summed E-state index contributed by atoms with van der Waals surface area (Å²) in [5.41, 5.74) is 1.22. The van der Waals surface area contributed by atoms with Crippen LogP contribution in [0.5, 0.6) is 0 Å². The molecule has 130 valence electrons. The number of carbonyl (C=O) groups is 1. The largest absolute Gasteiger partial charge is 0.342 e. The molecule has 1 spiro atoms. The number of carbonyl (C=O) groups excluding carboxylic acids is 1. The van der Waals surface area contributed by atoms with E-state index >= 15 is 0 Å². The topological polar surface area (TPSA) is 49.3 Å². The summed E-state index contributed by atoms with van der Waals surface area (Å²) in [5, 5.41) is 0. The van der Waals surface area contributed by atoms with Crippen molar-refractivity contribution in [1.29, 1.82) is 0 Å². The summed E-state index contributed by atoms with van der Waals surface area (Å²) in [5.74, 6) is 1.07. The molecule has 0 bridgehead atoms. The first kappa shape index (κ1) is 16.1. The third kappa shape index (κ3) is 3.23. The average Bonchev–Trinajstić information content (AvgIpc) is 3.07. The van der Waals surface area contributed by atoms with Crippen molar-refractivity contribution in [3.8, 4) is 0 Å². The van der Waals surface area contributed by atoms with Crippen LogP contribution in [0.3, 0.4) is 0 Å². The van der Waals surface area contributed by atoms with E-state index in [1.165, 1.54) is 12.8 Å². The molecule has 1 aromatic carbocycles. The molecule has 1 amide bonds. The fourth-order valence-electron chi connectivity index (χ4n) is 4.26. The SMILES string of the molecule is O=C(Cc1ccccc1)N1CCC2(CCCN2c2ncccn2)CC1. The Morgan fingerprint density at radius 1 is 0.960 bits per heavy atom. The van der Waals surface area contributed by atoms with Crippen LogP contribution in [0.15, 0.2) is 48.8 Å². The maximum Gasteiger partial charge on any atom is 0.226 e. The zero-order valence-electron chi connectivity index (χ0n) is 14.5. The number of rotatable bonds is 3. The maximum absolute atomic E-state index is 12.6. The fraction of sp³-hybridized carbons (Fsp3) is 0.450. The van der Waals surface area contributed by atoms with Crippen LogP contribution in [0.25, 0.3) is 0 Å². The van der Waals surface area contributed by atoms with Crippen LogP contribution in [0.1, 0.15) is 31.2 Å². The van der Waals surface area contributed by atoms with Crippen molar-refractivity contribution in [3.05, 3.63) is 54.4 Å². The Hall–Kier alpha value is -2.43. The maximum atomic E-state index is 12.6. The number of amides is 1. The second kappa shape index (κ2) is 6.82. The molecular formula is C20H24N4O. The van der Waals surface area contributed by atoms with Crippen molar-refractivity contribution in [1.82, 2.24) is 14.9 Å². The highest BCUT2D eigenvalue weighted by Gasteiger charge is 2.44. The Balaban J connectivity index is 1.41. The Labute approximate surface area is 148 Å². The summed E-state index contributed by atoms with van der Waals surface area (Å²) < 4.78 is 0. The van der Waals surface area contributed by atoms with Crippen molar-refractivity contribution in [2.45, 2.75) is 37.6 Å². The lowest BCUT2D eigenvalue weighted by Gasteiger charge is -2.45. The monoisotopic (exact) mass is 336 g/mol. The van der Waals surface area contributed by atoms with Gasteiger partial charge in [0.15, 0.2) is 0 Å². The first-order valence-corrected chi connectivity index (χ1v) is 9.13. The van der Waals surface area contributed by atoms with Crippen LogP contribution < -0.4 is 4.90 Å². The van der Waals surface area contributed by atoms with E-state index < -0.39 is 0 Å². The smallest absolute Gasteiger partial charge is 0.226 e. The molecule has 3 heterocycles. The number of aromatic nitrogens is 2. The van der Waals surface area contributed by atoms with Gasteiger partial charge >= 0.3 is 0 Å². The van der Waals surface area contributed by atoms with Crippen LogP contribution in [0, 0.1) is 0 Å². The zero-order valence-corrected chi connectivity index (χ0v) is 14.5. The molecule has 2 aliphatic rings. The van der Waals surface area contributed by atoms with Gasteiger partial charge in [0.25, 0.3) is 0 Å². The molecule has 0 aliphatic carbocycles. The van der Waals surface area contributed by atoms with Gasteiger partial charge in [-0.3, -0.25) is 4.79 Å². The summed E-state index contributed by atoms with van der Waals surface area (Å²) in [6.07, 6.45) is 8.48. The molecule has 0 saturated carbocycles. The van der Waals surface area contributed by atoms with E-state index in [0.29, 0.717) is 6.42 Å². The Morgan fingerprint density at radius 3 is 2.40 bits per heavy atom. The Morgan fingerprint density at radius 2 is 1.68 bits per heavy atom. The molecule has 0 radical (unpaired) electrons. The molecule has 4 rings (SSSR count). The highest BCUT2D eigenvalue weighted by molar-refractivity contribution is 5.79. The molecule has 25 heavy (non-hydrogen) atoms. The van der Waals surface area contributed by atoms with E-state index in [9.17, 15) is 4.79 Å². The number of benzene rings is 1. The van der Waals surface area contributed by atoms with E-state index in [4.69, 9.17) is 0 Å². The minimum atomic E-state index is 0.130. The minimum absolute atomic E-state index is 0.130. The van der Waals surface area contributed by atoms with Crippen LogP contribution in [-0.4, -0.2) is 45.9 Å². The number of anilines is 1. The molecule has 2 aliphatic heterocycles. The van der Waals surface area contributed by atoms with Crippen LogP contribution in [0.4, 0.5) is 5.95 Å². The number of nitrogens with zero attached hydrogens (tertiary/aromatic N) is 4. The van der Waals surface area contributed by atoms with Crippen molar-refractivity contribution in [2.75, 3.05) is 24.5 Å². The van der Waals surface area contributed by atoms with Gasteiger partial charge in [0.2, 0.25) is 11.9 Å². The van der Waals surface area contributed by atoms with Gasteiger partial charge in [-0.25, -0.2) is 9.97 Å². The van der Waals surface area contributed by atoms with Crippen LogP contribution in [0.2, 0.25) is 0 Å². The van der Waals surface area contributed by atoms with E-state index in [-0.39, 0.29) is 11.4 Å². The quantitative estimate of drug-likeness (QED) is 0.865. The summed E-state index contributed by atoms with van der Waals surface area (Å²) >= 11 is 0. The molecule has 5 nitrogen and oxygen atoms in total. The third-order valence-electron chi connectivity index (χ3n) is 5.64. The Bertz CT molecular complexity index is 711. The molecule has 2 fully saturated rings. The van der Waals surface area contributed by atoms with Crippen molar-refractivity contribution in [3.63, 3.8) is 0 Å². The van der Waals surface area contributed by atoms with Crippen molar-refractivity contribution < 1.29 is 4.79 Å². The molecule has 0 atom stereocenters. The zero-order chi connectivity index (χ0) is 17.1. The summed E-state index contributed by atoms with van der Waals surface area (Å²) in [6, 6.07) is 11.9. The van der Waals surface area contributed by atoms with Gasteiger partial charge in [-0.05, 0) is 37.3 Å². The molecule has 2 saturated heterocycles. The normalized spacial score (nSPS) is 19.4. The van der Waals surface area contributed by atoms with Gasteiger partial charge in [0.05, 0.1) is 6.42 Å². The predicted molar refractivity (Wildman–Crippen MR) is 97.3 cm³/mol. The molecule has 1 aromatic heterocycles. The van der Waals surface area contributed by atoms with Gasteiger partial charge in [-0.15, -0.1) is 0 Å².